The van der Waals surface area contributed by atoms with Gasteiger partial charge in [0.1, 0.15) is 4.83 Å². The normalized spacial score (nSPS) is 18.5. The largest absolute Gasteiger partial charge is 0.340 e. The molecule has 2 amide bonds. The fourth-order valence-electron chi connectivity index (χ4n) is 5.16. The highest BCUT2D eigenvalue weighted by Crippen LogP contribution is 2.23. The van der Waals surface area contributed by atoms with Gasteiger partial charge in [-0.2, -0.15) is 0 Å². The smallest absolute Gasteiger partial charge is 0.235 e. The van der Waals surface area contributed by atoms with Gasteiger partial charge in [0, 0.05) is 69.0 Å². The van der Waals surface area contributed by atoms with Crippen LogP contribution in [-0.4, -0.2) is 121 Å². The van der Waals surface area contributed by atoms with Gasteiger partial charge in [-0.1, -0.05) is 12.1 Å². The van der Waals surface area contributed by atoms with Crippen LogP contribution in [0, 0.1) is 0 Å². The summed E-state index contributed by atoms with van der Waals surface area (Å²) in [6, 6.07) is 11.4. The standard InChI is InChI=1S/C30H45N9O3S/c1-21(31)33-27(40)19-38-12-10-36(3)11-13-39(20-28(41)34-22(2)32)17-15-37(14-16-38)18-23-8-9-25-29(42)24-6-4-5-7-26(24)43-30(25)35-23/h4-9,21-22H,10-20,31-32H2,1-3H3,(H,33,40)(H,34,41). The average Bonchev–Trinajstić information content (AvgIpc) is 2.94. The van der Waals surface area contributed by atoms with Gasteiger partial charge >= 0.3 is 0 Å². The number of rotatable bonds is 8. The van der Waals surface area contributed by atoms with Crippen molar-refractivity contribution in [3.8, 4) is 0 Å². The number of fused-ring (bicyclic) bond motifs is 2. The summed E-state index contributed by atoms with van der Waals surface area (Å²) in [4.78, 5) is 52.7. The number of carbonyl (C=O) groups is 2. The topological polar surface area (TPSA) is 153 Å². The van der Waals surface area contributed by atoms with Gasteiger partial charge in [-0.25, -0.2) is 4.98 Å². The molecular weight excluding hydrogens is 566 g/mol. The van der Waals surface area contributed by atoms with E-state index in [0.717, 1.165) is 41.4 Å². The Morgan fingerprint density at radius 3 is 1.93 bits per heavy atom. The number of aromatic nitrogens is 1. The number of nitrogens with one attached hydrogen (secondary N) is 2. The number of pyridine rings is 1. The van der Waals surface area contributed by atoms with Crippen molar-refractivity contribution < 1.29 is 9.59 Å². The Balaban J connectivity index is 1.55. The summed E-state index contributed by atoms with van der Waals surface area (Å²) in [5, 5.41) is 6.92. The molecule has 2 aromatic heterocycles. The molecule has 1 aliphatic heterocycles. The number of nitrogens with two attached hydrogens (primary N) is 2. The van der Waals surface area contributed by atoms with E-state index in [9.17, 15) is 14.4 Å². The summed E-state index contributed by atoms with van der Waals surface area (Å²) in [5.41, 5.74) is 12.4. The van der Waals surface area contributed by atoms with Crippen LogP contribution in [0.15, 0.2) is 41.2 Å². The van der Waals surface area contributed by atoms with Crippen molar-refractivity contribution in [2.24, 2.45) is 11.5 Å². The van der Waals surface area contributed by atoms with Crippen molar-refractivity contribution in [3.05, 3.63) is 52.3 Å². The molecule has 3 heterocycles. The summed E-state index contributed by atoms with van der Waals surface area (Å²) >= 11 is 1.52. The lowest BCUT2D eigenvalue weighted by atomic mass is 10.2. The molecule has 0 aliphatic carbocycles. The Kier molecular flexibility index (Phi) is 11.9. The maximum Gasteiger partial charge on any atom is 0.235 e. The molecule has 43 heavy (non-hydrogen) atoms. The first-order valence-corrected chi connectivity index (χ1v) is 15.7. The van der Waals surface area contributed by atoms with Crippen LogP contribution in [0.25, 0.3) is 20.3 Å². The zero-order valence-electron chi connectivity index (χ0n) is 25.4. The molecule has 2 unspecified atom stereocenters. The summed E-state index contributed by atoms with van der Waals surface area (Å²) in [6.07, 6.45) is -0.812. The van der Waals surface area contributed by atoms with Gasteiger partial charge in [-0.05, 0) is 45.2 Å². The second-order valence-electron chi connectivity index (χ2n) is 11.4. The molecule has 1 aliphatic rings. The van der Waals surface area contributed by atoms with Crippen LogP contribution in [0.3, 0.4) is 0 Å². The van der Waals surface area contributed by atoms with E-state index in [1.807, 2.05) is 36.4 Å². The van der Waals surface area contributed by atoms with Crippen molar-refractivity contribution >= 4 is 43.5 Å². The lowest BCUT2D eigenvalue weighted by Crippen LogP contribution is -2.50. The third-order valence-electron chi connectivity index (χ3n) is 7.46. The highest BCUT2D eigenvalue weighted by atomic mass is 32.1. The number of benzene rings is 1. The van der Waals surface area contributed by atoms with E-state index < -0.39 is 12.3 Å². The first-order valence-electron chi connectivity index (χ1n) is 14.8. The van der Waals surface area contributed by atoms with Crippen molar-refractivity contribution in [2.45, 2.75) is 32.7 Å². The quantitative estimate of drug-likeness (QED) is 0.202. The van der Waals surface area contributed by atoms with E-state index in [4.69, 9.17) is 16.5 Å². The third-order valence-corrected chi connectivity index (χ3v) is 8.54. The lowest BCUT2D eigenvalue weighted by Gasteiger charge is -2.33. The van der Waals surface area contributed by atoms with Crippen LogP contribution < -0.4 is 27.5 Å². The minimum atomic E-state index is -0.406. The number of likely N-dealkylation sites (N-methyl/N-ethyl adjacent to an activating group) is 1. The highest BCUT2D eigenvalue weighted by molar-refractivity contribution is 7.24. The molecule has 1 fully saturated rings. The van der Waals surface area contributed by atoms with E-state index in [2.05, 4.69) is 37.3 Å². The maximum atomic E-state index is 13.1. The molecule has 1 saturated heterocycles. The molecule has 234 valence electrons. The molecule has 13 heteroatoms. The second kappa shape index (κ2) is 15.6. The summed E-state index contributed by atoms with van der Waals surface area (Å²) in [7, 11) is 2.06. The molecule has 6 N–H and O–H groups in total. The predicted octanol–water partition coefficient (Wildman–Crippen LogP) is 0.00290. The first kappa shape index (κ1) is 32.9. The average molecular weight is 612 g/mol. The molecule has 0 bridgehead atoms. The van der Waals surface area contributed by atoms with Gasteiger partial charge in [-0.15, -0.1) is 11.3 Å². The molecule has 3 aromatic rings. The fraction of sp³-hybridized carbons (Fsp3) is 0.533. The van der Waals surface area contributed by atoms with E-state index >= 15 is 0 Å². The van der Waals surface area contributed by atoms with Gasteiger partial charge < -0.3 is 27.0 Å². The van der Waals surface area contributed by atoms with Crippen LogP contribution in [0.5, 0.6) is 0 Å². The molecule has 2 atom stereocenters. The fourth-order valence-corrected chi connectivity index (χ4v) is 6.22. The van der Waals surface area contributed by atoms with Gasteiger partial charge in [0.05, 0.1) is 36.5 Å². The zero-order valence-corrected chi connectivity index (χ0v) is 26.2. The van der Waals surface area contributed by atoms with Crippen molar-refractivity contribution in [1.29, 1.82) is 0 Å². The van der Waals surface area contributed by atoms with E-state index in [-0.39, 0.29) is 30.3 Å². The Morgan fingerprint density at radius 2 is 1.35 bits per heavy atom. The molecule has 12 nitrogen and oxygen atoms in total. The number of hydrogen-bond donors (Lipinski definition) is 4. The number of amides is 2. The Labute approximate surface area is 257 Å². The van der Waals surface area contributed by atoms with Crippen LogP contribution in [0.1, 0.15) is 19.5 Å². The predicted molar refractivity (Wildman–Crippen MR) is 173 cm³/mol. The molecular formula is C30H45N9O3S. The lowest BCUT2D eigenvalue weighted by molar-refractivity contribution is -0.123. The first-order chi connectivity index (χ1) is 20.6. The highest BCUT2D eigenvalue weighted by Gasteiger charge is 2.20. The van der Waals surface area contributed by atoms with Crippen LogP contribution in [0.2, 0.25) is 0 Å². The maximum absolute atomic E-state index is 13.1. The van der Waals surface area contributed by atoms with Crippen molar-refractivity contribution in [3.63, 3.8) is 0 Å². The van der Waals surface area contributed by atoms with E-state index in [0.29, 0.717) is 43.5 Å². The van der Waals surface area contributed by atoms with Gasteiger partial charge in [-0.3, -0.25) is 29.1 Å². The molecule has 0 radical (unpaired) electrons. The molecule has 1 aromatic carbocycles. The third kappa shape index (κ3) is 10.00. The number of carbonyl (C=O) groups excluding carboxylic acids is 2. The van der Waals surface area contributed by atoms with Gasteiger partial charge in [0.2, 0.25) is 11.8 Å². The Morgan fingerprint density at radius 1 is 0.814 bits per heavy atom. The summed E-state index contributed by atoms with van der Waals surface area (Å²) < 4.78 is 0.919. The molecule has 0 spiro atoms. The minimum Gasteiger partial charge on any atom is -0.340 e. The van der Waals surface area contributed by atoms with Gasteiger partial charge in [0.25, 0.3) is 0 Å². The molecule has 0 saturated carbocycles. The van der Waals surface area contributed by atoms with E-state index in [1.54, 1.807) is 13.8 Å². The second-order valence-corrected chi connectivity index (χ2v) is 12.5. The van der Waals surface area contributed by atoms with E-state index in [1.165, 1.54) is 11.3 Å². The summed E-state index contributed by atoms with van der Waals surface area (Å²) in [6.45, 7) is 10.4. The zero-order chi connectivity index (χ0) is 30.9. The summed E-state index contributed by atoms with van der Waals surface area (Å²) in [5.74, 6) is -0.193. The Hall–Kier alpha value is -3.04. The van der Waals surface area contributed by atoms with Crippen molar-refractivity contribution in [2.75, 3.05) is 72.5 Å². The molecule has 4 rings (SSSR count). The Bertz CT molecular complexity index is 1410. The number of hydrogen-bond acceptors (Lipinski definition) is 11. The number of nitrogens with zero attached hydrogens (tertiary/aromatic N) is 5. The van der Waals surface area contributed by atoms with Gasteiger partial charge in [0.15, 0.2) is 5.43 Å². The SMILES string of the molecule is CC(N)NC(=O)CN1CCN(C)CCN(CC(=O)NC(C)N)CCN(Cc2ccc3c(=O)c4ccccc4sc3n2)CC1. The van der Waals surface area contributed by atoms with Crippen LogP contribution >= 0.6 is 11.3 Å². The monoisotopic (exact) mass is 611 g/mol. The van der Waals surface area contributed by atoms with Crippen LogP contribution in [-0.2, 0) is 16.1 Å². The van der Waals surface area contributed by atoms with Crippen LogP contribution in [0.4, 0.5) is 0 Å². The minimum absolute atomic E-state index is 0.00103. The van der Waals surface area contributed by atoms with Crippen molar-refractivity contribution in [1.82, 2.24) is 35.2 Å².